The van der Waals surface area contributed by atoms with Gasteiger partial charge in [-0.3, -0.25) is 4.79 Å². The van der Waals surface area contributed by atoms with Gasteiger partial charge in [-0.2, -0.15) is 13.2 Å². The van der Waals surface area contributed by atoms with Crippen LogP contribution in [0.4, 0.5) is 17.6 Å². The van der Waals surface area contributed by atoms with Crippen LogP contribution in [0.15, 0.2) is 12.1 Å². The second kappa shape index (κ2) is 5.56. The van der Waals surface area contributed by atoms with Gasteiger partial charge in [-0.05, 0) is 19.1 Å². The van der Waals surface area contributed by atoms with Crippen LogP contribution in [0.5, 0.6) is 0 Å². The predicted octanol–water partition coefficient (Wildman–Crippen LogP) is 3.60. The molecule has 0 unspecified atom stereocenters. The van der Waals surface area contributed by atoms with Gasteiger partial charge in [0.1, 0.15) is 5.82 Å². The molecule has 100 valence electrons. The monoisotopic (exact) mass is 284 g/mol. The lowest BCUT2D eigenvalue weighted by Gasteiger charge is -2.14. The molecule has 0 aliphatic carbocycles. The molecule has 0 bridgehead atoms. The van der Waals surface area contributed by atoms with E-state index in [4.69, 9.17) is 11.6 Å². The van der Waals surface area contributed by atoms with E-state index in [1.54, 1.807) is 0 Å². The van der Waals surface area contributed by atoms with Crippen LogP contribution in [-0.4, -0.2) is 12.6 Å². The van der Waals surface area contributed by atoms with Crippen molar-refractivity contribution in [3.63, 3.8) is 0 Å². The van der Waals surface area contributed by atoms with Crippen LogP contribution in [0.3, 0.4) is 0 Å². The molecule has 0 atom stereocenters. The number of ether oxygens (including phenoxy) is 1. The molecule has 1 aromatic carbocycles. The van der Waals surface area contributed by atoms with E-state index in [1.165, 1.54) is 6.92 Å². The Balaban J connectivity index is 3.24. The van der Waals surface area contributed by atoms with Gasteiger partial charge in [0.05, 0.1) is 23.6 Å². The Bertz CT molecular complexity index is 457. The van der Waals surface area contributed by atoms with Crippen LogP contribution in [-0.2, 0) is 22.1 Å². The first-order chi connectivity index (χ1) is 8.27. The SMILES string of the molecule is CCOC(=O)Cc1c(F)ccc(Cl)c1C(F)(F)F. The minimum atomic E-state index is -4.83. The summed E-state index contributed by atoms with van der Waals surface area (Å²) in [7, 11) is 0. The van der Waals surface area contributed by atoms with Gasteiger partial charge in [0.15, 0.2) is 0 Å². The summed E-state index contributed by atoms with van der Waals surface area (Å²) in [6.45, 7) is 1.50. The number of alkyl halides is 3. The second-order valence-corrected chi connectivity index (χ2v) is 3.77. The molecule has 18 heavy (non-hydrogen) atoms. The summed E-state index contributed by atoms with van der Waals surface area (Å²) < 4.78 is 56.1. The Morgan fingerprint density at radius 2 is 2.00 bits per heavy atom. The van der Waals surface area contributed by atoms with Crippen molar-refractivity contribution in [3.05, 3.63) is 34.1 Å². The van der Waals surface area contributed by atoms with Crippen LogP contribution >= 0.6 is 11.6 Å². The third-order valence-electron chi connectivity index (χ3n) is 2.11. The minimum Gasteiger partial charge on any atom is -0.466 e. The van der Waals surface area contributed by atoms with E-state index in [9.17, 15) is 22.4 Å². The lowest BCUT2D eigenvalue weighted by atomic mass is 10.0. The number of esters is 1. The molecule has 2 nitrogen and oxygen atoms in total. The highest BCUT2D eigenvalue weighted by atomic mass is 35.5. The molecule has 1 rings (SSSR count). The molecule has 0 heterocycles. The third kappa shape index (κ3) is 3.35. The van der Waals surface area contributed by atoms with Gasteiger partial charge in [0.2, 0.25) is 0 Å². The van der Waals surface area contributed by atoms with E-state index in [1.807, 2.05) is 0 Å². The van der Waals surface area contributed by atoms with Crippen molar-refractivity contribution >= 4 is 17.6 Å². The van der Waals surface area contributed by atoms with Crippen LogP contribution in [0.2, 0.25) is 5.02 Å². The molecular formula is C11H9ClF4O2. The fraction of sp³-hybridized carbons (Fsp3) is 0.364. The summed E-state index contributed by atoms with van der Waals surface area (Å²) in [6.07, 6.45) is -5.64. The summed E-state index contributed by atoms with van der Waals surface area (Å²) in [5.74, 6) is -2.08. The third-order valence-corrected chi connectivity index (χ3v) is 2.43. The van der Waals surface area contributed by atoms with Gasteiger partial charge in [0, 0.05) is 5.56 Å². The summed E-state index contributed by atoms with van der Waals surface area (Å²) in [4.78, 5) is 11.2. The highest BCUT2D eigenvalue weighted by Crippen LogP contribution is 2.38. The van der Waals surface area contributed by atoms with Crippen LogP contribution in [0, 0.1) is 5.82 Å². The molecule has 0 aliphatic rings. The lowest BCUT2D eigenvalue weighted by Crippen LogP contribution is -2.16. The number of rotatable bonds is 3. The second-order valence-electron chi connectivity index (χ2n) is 3.36. The fourth-order valence-electron chi connectivity index (χ4n) is 1.43. The number of carbonyl (C=O) groups excluding carboxylic acids is 1. The Labute approximate surface area is 105 Å². The molecule has 0 spiro atoms. The van der Waals surface area contributed by atoms with Crippen molar-refractivity contribution in [3.8, 4) is 0 Å². The summed E-state index contributed by atoms with van der Waals surface area (Å²) in [5.41, 5.74) is -2.13. The number of hydrogen-bond acceptors (Lipinski definition) is 2. The topological polar surface area (TPSA) is 26.3 Å². The van der Waals surface area contributed by atoms with E-state index >= 15 is 0 Å². The Morgan fingerprint density at radius 1 is 1.39 bits per heavy atom. The van der Waals surface area contributed by atoms with E-state index < -0.39 is 40.5 Å². The molecule has 0 aliphatic heterocycles. The summed E-state index contributed by atoms with van der Waals surface area (Å²) in [6, 6.07) is 1.58. The molecule has 0 amide bonds. The first kappa shape index (κ1) is 14.8. The van der Waals surface area contributed by atoms with Crippen LogP contribution < -0.4 is 0 Å². The fourth-order valence-corrected chi connectivity index (χ4v) is 1.71. The molecule has 1 aromatic rings. The smallest absolute Gasteiger partial charge is 0.418 e. The van der Waals surface area contributed by atoms with E-state index in [-0.39, 0.29) is 6.61 Å². The van der Waals surface area contributed by atoms with Gasteiger partial charge >= 0.3 is 12.1 Å². The molecule has 7 heteroatoms. The Morgan fingerprint density at radius 3 is 2.50 bits per heavy atom. The molecule has 0 fully saturated rings. The molecule has 0 aromatic heterocycles. The van der Waals surface area contributed by atoms with Gasteiger partial charge in [-0.25, -0.2) is 4.39 Å². The molecule has 0 radical (unpaired) electrons. The zero-order chi connectivity index (χ0) is 13.9. The van der Waals surface area contributed by atoms with Gasteiger partial charge in [-0.1, -0.05) is 11.6 Å². The van der Waals surface area contributed by atoms with Gasteiger partial charge in [-0.15, -0.1) is 0 Å². The van der Waals surface area contributed by atoms with Crippen molar-refractivity contribution in [1.82, 2.24) is 0 Å². The van der Waals surface area contributed by atoms with Crippen molar-refractivity contribution < 1.29 is 27.1 Å². The summed E-state index contributed by atoms with van der Waals surface area (Å²) in [5, 5.41) is -0.650. The Kier molecular flexibility index (Phi) is 4.56. The molecular weight excluding hydrogens is 276 g/mol. The van der Waals surface area contributed by atoms with Gasteiger partial charge in [0.25, 0.3) is 0 Å². The highest BCUT2D eigenvalue weighted by molar-refractivity contribution is 6.31. The van der Waals surface area contributed by atoms with Crippen LogP contribution in [0.25, 0.3) is 0 Å². The van der Waals surface area contributed by atoms with Crippen molar-refractivity contribution in [2.45, 2.75) is 19.5 Å². The zero-order valence-electron chi connectivity index (χ0n) is 9.28. The van der Waals surface area contributed by atoms with Crippen molar-refractivity contribution in [2.24, 2.45) is 0 Å². The Hall–Kier alpha value is -1.30. The maximum atomic E-state index is 13.4. The maximum absolute atomic E-state index is 13.4. The first-order valence-electron chi connectivity index (χ1n) is 4.97. The van der Waals surface area contributed by atoms with Crippen LogP contribution in [0.1, 0.15) is 18.1 Å². The van der Waals surface area contributed by atoms with Crippen molar-refractivity contribution in [2.75, 3.05) is 6.61 Å². The van der Waals surface area contributed by atoms with Gasteiger partial charge < -0.3 is 4.74 Å². The number of hydrogen-bond donors (Lipinski definition) is 0. The van der Waals surface area contributed by atoms with E-state index in [2.05, 4.69) is 4.74 Å². The predicted molar refractivity (Wildman–Crippen MR) is 56.7 cm³/mol. The van der Waals surface area contributed by atoms with Crippen molar-refractivity contribution in [1.29, 1.82) is 0 Å². The first-order valence-corrected chi connectivity index (χ1v) is 5.34. The number of carbonyl (C=O) groups is 1. The normalized spacial score (nSPS) is 11.4. The maximum Gasteiger partial charge on any atom is 0.418 e. The quantitative estimate of drug-likeness (QED) is 0.626. The summed E-state index contributed by atoms with van der Waals surface area (Å²) >= 11 is 5.41. The zero-order valence-corrected chi connectivity index (χ0v) is 10.0. The highest BCUT2D eigenvalue weighted by Gasteiger charge is 2.37. The lowest BCUT2D eigenvalue weighted by molar-refractivity contribution is -0.143. The number of benzene rings is 1. The van der Waals surface area contributed by atoms with E-state index in [0.717, 1.165) is 12.1 Å². The number of halogens is 5. The minimum absolute atomic E-state index is 0.00235. The van der Waals surface area contributed by atoms with E-state index in [0.29, 0.717) is 0 Å². The average Bonchev–Trinajstić information content (AvgIpc) is 2.22. The largest absolute Gasteiger partial charge is 0.466 e. The standard InChI is InChI=1S/C11H9ClF4O2/c1-2-18-9(17)5-6-8(13)4-3-7(12)10(6)11(14,15)16/h3-4H,2,5H2,1H3. The molecule has 0 N–H and O–H groups in total. The molecule has 0 saturated heterocycles. The average molecular weight is 285 g/mol. The molecule has 0 saturated carbocycles.